The summed E-state index contributed by atoms with van der Waals surface area (Å²) < 4.78 is 20.2. The Hall–Kier alpha value is -2.12. The zero-order chi connectivity index (χ0) is 17.4. The molecule has 0 aromatic heterocycles. The van der Waals surface area contributed by atoms with E-state index < -0.39 is 48.3 Å². The van der Waals surface area contributed by atoms with E-state index in [9.17, 15) is 19.2 Å². The normalized spacial score (nSPS) is 15.7. The Morgan fingerprint density at radius 3 is 0.955 bits per heavy atom. The summed E-state index contributed by atoms with van der Waals surface area (Å²) in [5, 5.41) is 0. The first-order valence-corrected chi connectivity index (χ1v) is 6.73. The summed E-state index contributed by atoms with van der Waals surface area (Å²) in [6, 6.07) is 0. The second kappa shape index (κ2) is 9.01. The molecule has 0 aromatic carbocycles. The van der Waals surface area contributed by atoms with Gasteiger partial charge in [0.1, 0.15) is 12.2 Å². The summed E-state index contributed by atoms with van der Waals surface area (Å²) in [5.74, 6) is -2.50. The number of ether oxygens (including phenoxy) is 4. The maximum Gasteiger partial charge on any atom is 0.303 e. The zero-order valence-electron chi connectivity index (χ0n) is 13.6. The molecule has 0 N–H and O–H groups in total. The summed E-state index contributed by atoms with van der Waals surface area (Å²) in [6.45, 7) is 7.66. The van der Waals surface area contributed by atoms with Crippen LogP contribution in [0.3, 0.4) is 0 Å². The van der Waals surface area contributed by atoms with Gasteiger partial charge in [-0.3, -0.25) is 19.2 Å². The van der Waals surface area contributed by atoms with Crippen LogP contribution in [0.4, 0.5) is 0 Å². The minimum Gasteiger partial charge on any atom is -0.459 e. The summed E-state index contributed by atoms with van der Waals surface area (Å²) in [6.07, 6.45) is -4.02. The molecular weight excluding hydrogens is 296 g/mol. The Kier molecular flexibility index (Phi) is 8.14. The molecular formula is C14H22O8. The predicted octanol–water partition coefficient (Wildman–Crippen LogP) is 0.753. The number of hydrogen-bond donors (Lipinski definition) is 0. The van der Waals surface area contributed by atoms with Crippen molar-refractivity contribution in [3.63, 3.8) is 0 Å². The topological polar surface area (TPSA) is 105 Å². The smallest absolute Gasteiger partial charge is 0.303 e. The summed E-state index contributed by atoms with van der Waals surface area (Å²) >= 11 is 0. The van der Waals surface area contributed by atoms with Gasteiger partial charge in [0.05, 0.1) is 0 Å². The Morgan fingerprint density at radius 1 is 0.545 bits per heavy atom. The number of esters is 4. The van der Waals surface area contributed by atoms with Gasteiger partial charge in [0, 0.05) is 27.7 Å². The van der Waals surface area contributed by atoms with Crippen molar-refractivity contribution < 1.29 is 38.1 Å². The van der Waals surface area contributed by atoms with Crippen LogP contribution in [-0.2, 0) is 38.1 Å². The van der Waals surface area contributed by atoms with Crippen LogP contribution in [0.15, 0.2) is 0 Å². The molecule has 0 saturated carbocycles. The maximum absolute atomic E-state index is 11.3. The predicted molar refractivity (Wildman–Crippen MR) is 73.6 cm³/mol. The van der Waals surface area contributed by atoms with Crippen LogP contribution >= 0.6 is 0 Å². The lowest BCUT2D eigenvalue weighted by molar-refractivity contribution is -0.195. The van der Waals surface area contributed by atoms with Crippen molar-refractivity contribution in [2.75, 3.05) is 0 Å². The van der Waals surface area contributed by atoms with Crippen molar-refractivity contribution in [2.45, 2.75) is 66.0 Å². The highest BCUT2D eigenvalue weighted by Crippen LogP contribution is 2.18. The number of hydrogen-bond acceptors (Lipinski definition) is 8. The van der Waals surface area contributed by atoms with Crippen LogP contribution in [0.25, 0.3) is 0 Å². The molecule has 0 bridgehead atoms. The van der Waals surface area contributed by atoms with Crippen LogP contribution in [0.2, 0.25) is 0 Å². The Labute approximate surface area is 129 Å². The van der Waals surface area contributed by atoms with Gasteiger partial charge in [0.15, 0.2) is 12.2 Å². The van der Waals surface area contributed by atoms with Crippen LogP contribution in [0.1, 0.15) is 41.5 Å². The lowest BCUT2D eigenvalue weighted by Gasteiger charge is -2.33. The summed E-state index contributed by atoms with van der Waals surface area (Å²) in [7, 11) is 0. The average Bonchev–Trinajstić information content (AvgIpc) is 2.30. The van der Waals surface area contributed by atoms with Crippen molar-refractivity contribution >= 4 is 23.9 Å². The minimum atomic E-state index is -1.11. The van der Waals surface area contributed by atoms with Crippen LogP contribution in [0, 0.1) is 0 Å². The molecule has 0 amide bonds. The van der Waals surface area contributed by atoms with E-state index in [1.165, 1.54) is 27.7 Å². The van der Waals surface area contributed by atoms with Crippen molar-refractivity contribution in [3.05, 3.63) is 0 Å². The van der Waals surface area contributed by atoms with E-state index in [1.807, 2.05) is 0 Å². The molecule has 126 valence electrons. The molecule has 0 aliphatic heterocycles. The van der Waals surface area contributed by atoms with E-state index in [2.05, 4.69) is 0 Å². The van der Waals surface area contributed by atoms with Gasteiger partial charge >= 0.3 is 23.9 Å². The van der Waals surface area contributed by atoms with E-state index in [1.54, 1.807) is 0 Å². The molecule has 4 atom stereocenters. The van der Waals surface area contributed by atoms with E-state index in [-0.39, 0.29) is 0 Å². The average molecular weight is 318 g/mol. The summed E-state index contributed by atoms with van der Waals surface area (Å²) in [4.78, 5) is 44.7. The van der Waals surface area contributed by atoms with E-state index in [0.29, 0.717) is 0 Å². The number of carbonyl (C=O) groups is 4. The fraction of sp³-hybridized carbons (Fsp3) is 0.714. The van der Waals surface area contributed by atoms with Gasteiger partial charge in [-0.2, -0.15) is 0 Å². The first kappa shape index (κ1) is 19.9. The van der Waals surface area contributed by atoms with Crippen LogP contribution in [0.5, 0.6) is 0 Å². The van der Waals surface area contributed by atoms with Gasteiger partial charge in [0.2, 0.25) is 0 Å². The highest BCUT2D eigenvalue weighted by Gasteiger charge is 2.39. The van der Waals surface area contributed by atoms with Crippen LogP contribution < -0.4 is 0 Å². The number of carbonyl (C=O) groups excluding carboxylic acids is 4. The molecule has 0 heterocycles. The zero-order valence-corrected chi connectivity index (χ0v) is 13.6. The first-order valence-electron chi connectivity index (χ1n) is 6.73. The second-order valence-electron chi connectivity index (χ2n) is 4.78. The molecule has 8 heteroatoms. The third-order valence-corrected chi connectivity index (χ3v) is 2.56. The fourth-order valence-electron chi connectivity index (χ4n) is 1.90. The molecule has 4 unspecified atom stereocenters. The van der Waals surface area contributed by atoms with Crippen LogP contribution in [-0.4, -0.2) is 48.3 Å². The van der Waals surface area contributed by atoms with Gasteiger partial charge in [-0.05, 0) is 13.8 Å². The molecule has 0 spiro atoms. The number of rotatable bonds is 7. The monoisotopic (exact) mass is 318 g/mol. The van der Waals surface area contributed by atoms with Gasteiger partial charge in [-0.1, -0.05) is 0 Å². The second-order valence-corrected chi connectivity index (χ2v) is 4.78. The third-order valence-electron chi connectivity index (χ3n) is 2.56. The van der Waals surface area contributed by atoms with Crippen molar-refractivity contribution in [2.24, 2.45) is 0 Å². The molecule has 0 aliphatic rings. The lowest BCUT2D eigenvalue weighted by Crippen LogP contribution is -2.49. The summed E-state index contributed by atoms with van der Waals surface area (Å²) in [5.41, 5.74) is 0. The Balaban J connectivity index is 5.39. The quantitative estimate of drug-likeness (QED) is 0.500. The van der Waals surface area contributed by atoms with Gasteiger partial charge in [-0.25, -0.2) is 0 Å². The highest BCUT2D eigenvalue weighted by atomic mass is 16.6. The van der Waals surface area contributed by atoms with E-state index >= 15 is 0 Å². The Bertz CT molecular complexity index is 391. The molecule has 0 aliphatic carbocycles. The van der Waals surface area contributed by atoms with Gasteiger partial charge in [0.25, 0.3) is 0 Å². The molecule has 0 aromatic rings. The van der Waals surface area contributed by atoms with Gasteiger partial charge < -0.3 is 18.9 Å². The van der Waals surface area contributed by atoms with E-state index in [4.69, 9.17) is 18.9 Å². The SMILES string of the molecule is CC(=O)OC(C)C(OC(C)=O)C(OC(C)=O)C(C)OC(C)=O. The highest BCUT2D eigenvalue weighted by molar-refractivity contribution is 5.68. The molecule has 0 fully saturated rings. The van der Waals surface area contributed by atoms with E-state index in [0.717, 1.165) is 13.8 Å². The van der Waals surface area contributed by atoms with Crippen molar-refractivity contribution in [1.29, 1.82) is 0 Å². The van der Waals surface area contributed by atoms with Crippen molar-refractivity contribution in [1.82, 2.24) is 0 Å². The maximum atomic E-state index is 11.3. The molecule has 8 nitrogen and oxygen atoms in total. The molecule has 22 heavy (non-hydrogen) atoms. The third kappa shape index (κ3) is 7.61. The minimum absolute atomic E-state index is 0.591. The molecule has 0 saturated heterocycles. The Morgan fingerprint density at radius 2 is 0.773 bits per heavy atom. The lowest BCUT2D eigenvalue weighted by atomic mass is 10.0. The first-order chi connectivity index (χ1) is 10.0. The van der Waals surface area contributed by atoms with Gasteiger partial charge in [-0.15, -0.1) is 0 Å². The molecule has 0 radical (unpaired) electrons. The largest absolute Gasteiger partial charge is 0.459 e. The fourth-order valence-corrected chi connectivity index (χ4v) is 1.90. The standard InChI is InChI=1S/C14H22O8/c1-7(19-9(3)15)13(21-11(5)17)14(22-12(6)18)8(2)20-10(4)16/h7-8,13-14H,1-6H3. The van der Waals surface area contributed by atoms with Crippen molar-refractivity contribution in [3.8, 4) is 0 Å². The molecule has 0 rings (SSSR count).